The van der Waals surface area contributed by atoms with Crippen molar-refractivity contribution in [2.75, 3.05) is 19.0 Å². The van der Waals surface area contributed by atoms with Crippen molar-refractivity contribution < 1.29 is 31.1 Å². The largest absolute Gasteiger partial charge is 0.408 e. The van der Waals surface area contributed by atoms with Crippen molar-refractivity contribution in [3.63, 3.8) is 0 Å². The fraction of sp³-hybridized carbons (Fsp3) is 0.739. The molecule has 0 aromatic heterocycles. The molecule has 186 valence electrons. The third-order valence-corrected chi connectivity index (χ3v) is 9.97. The lowest BCUT2D eigenvalue weighted by Gasteiger charge is -2.47. The SMILES string of the molecule is CC1CCCS(=O)(=O)N1Cc1cc(F)c(C2(O[Si](C)(C)C)CCC3(CC2)OCCO3)cc1F. The van der Waals surface area contributed by atoms with Crippen LogP contribution in [0.15, 0.2) is 12.1 Å². The van der Waals surface area contributed by atoms with Gasteiger partial charge in [0.2, 0.25) is 10.0 Å². The van der Waals surface area contributed by atoms with Crippen molar-refractivity contribution in [2.24, 2.45) is 0 Å². The summed E-state index contributed by atoms with van der Waals surface area (Å²) in [7, 11) is -5.61. The average molecular weight is 504 g/mol. The summed E-state index contributed by atoms with van der Waals surface area (Å²) in [6.07, 6.45) is 3.31. The maximum atomic E-state index is 15.6. The summed E-state index contributed by atoms with van der Waals surface area (Å²) in [6, 6.07) is 2.14. The summed E-state index contributed by atoms with van der Waals surface area (Å²) in [6.45, 7) is 8.82. The summed E-state index contributed by atoms with van der Waals surface area (Å²) in [5.41, 5.74) is -0.709. The lowest BCUT2D eigenvalue weighted by Crippen LogP contribution is -2.48. The second-order valence-corrected chi connectivity index (χ2v) is 17.1. The van der Waals surface area contributed by atoms with Crippen LogP contribution in [0.1, 0.15) is 56.6 Å². The molecular weight excluding hydrogens is 468 g/mol. The van der Waals surface area contributed by atoms with Crippen LogP contribution >= 0.6 is 0 Å². The van der Waals surface area contributed by atoms with E-state index >= 15 is 8.78 Å². The third-order valence-electron chi connectivity index (χ3n) is 6.96. The smallest absolute Gasteiger partial charge is 0.214 e. The van der Waals surface area contributed by atoms with Gasteiger partial charge in [-0.3, -0.25) is 0 Å². The maximum absolute atomic E-state index is 15.6. The van der Waals surface area contributed by atoms with Gasteiger partial charge in [-0.15, -0.1) is 0 Å². The van der Waals surface area contributed by atoms with Crippen LogP contribution in [0.2, 0.25) is 19.6 Å². The quantitative estimate of drug-likeness (QED) is 0.548. The molecule has 10 heteroatoms. The Morgan fingerprint density at radius 3 is 2.30 bits per heavy atom. The topological polar surface area (TPSA) is 65.1 Å². The Hall–Kier alpha value is -0.913. The molecule has 1 unspecified atom stereocenters. The highest BCUT2D eigenvalue weighted by Gasteiger charge is 2.50. The molecule has 2 aliphatic heterocycles. The minimum absolute atomic E-state index is 0.0403. The number of nitrogens with zero attached hydrogens (tertiary/aromatic N) is 1. The van der Waals surface area contributed by atoms with Gasteiger partial charge in [0, 0.05) is 36.6 Å². The fourth-order valence-corrected chi connectivity index (χ4v) is 8.65. The Morgan fingerprint density at radius 1 is 1.09 bits per heavy atom. The van der Waals surface area contributed by atoms with Crippen molar-refractivity contribution in [1.82, 2.24) is 4.31 Å². The molecule has 33 heavy (non-hydrogen) atoms. The Bertz CT molecular complexity index is 981. The second-order valence-electron chi connectivity index (χ2n) is 10.6. The monoisotopic (exact) mass is 503 g/mol. The first kappa shape index (κ1) is 25.2. The Kier molecular flexibility index (Phi) is 6.83. The number of hydrogen-bond acceptors (Lipinski definition) is 5. The highest BCUT2D eigenvalue weighted by Crippen LogP contribution is 2.49. The molecule has 1 aromatic rings. The molecule has 0 N–H and O–H groups in total. The van der Waals surface area contributed by atoms with E-state index in [-0.39, 0.29) is 29.5 Å². The van der Waals surface area contributed by atoms with Crippen molar-refractivity contribution in [2.45, 2.75) is 89.1 Å². The molecule has 6 nitrogen and oxygen atoms in total. The Labute approximate surface area is 196 Å². The summed E-state index contributed by atoms with van der Waals surface area (Å²) in [5, 5.41) is 0. The standard InChI is InChI=1S/C23H35F2NO5SSi/c1-17-6-5-13-32(27,28)26(17)16-18-14-21(25)19(15-20(18)24)22(31-33(2,3)4)7-9-23(10-8-22)29-11-12-30-23/h14-15,17H,5-13,16H2,1-4H3. The van der Waals surface area contributed by atoms with Crippen LogP contribution in [-0.4, -0.2) is 51.8 Å². The number of rotatable bonds is 5. The molecule has 0 amide bonds. The van der Waals surface area contributed by atoms with E-state index in [9.17, 15) is 8.42 Å². The molecule has 1 saturated carbocycles. The highest BCUT2D eigenvalue weighted by molar-refractivity contribution is 7.89. The van der Waals surface area contributed by atoms with Gasteiger partial charge in [0.1, 0.15) is 11.6 Å². The van der Waals surface area contributed by atoms with Crippen molar-refractivity contribution in [1.29, 1.82) is 0 Å². The van der Waals surface area contributed by atoms with Gasteiger partial charge in [-0.25, -0.2) is 17.2 Å². The average Bonchev–Trinajstić information content (AvgIpc) is 3.16. The minimum atomic E-state index is -3.48. The zero-order valence-electron chi connectivity index (χ0n) is 20.0. The molecule has 1 spiro atoms. The van der Waals surface area contributed by atoms with E-state index < -0.39 is 41.4 Å². The van der Waals surface area contributed by atoms with Crippen LogP contribution < -0.4 is 0 Å². The van der Waals surface area contributed by atoms with Crippen LogP contribution in [0.5, 0.6) is 0 Å². The Balaban J connectivity index is 1.65. The normalized spacial score (nSPS) is 27.2. The van der Waals surface area contributed by atoms with Gasteiger partial charge < -0.3 is 13.9 Å². The molecule has 4 rings (SSSR count). The predicted molar refractivity (Wildman–Crippen MR) is 124 cm³/mol. The van der Waals surface area contributed by atoms with E-state index in [1.54, 1.807) is 6.92 Å². The lowest BCUT2D eigenvalue weighted by atomic mass is 9.76. The zero-order valence-corrected chi connectivity index (χ0v) is 21.8. The van der Waals surface area contributed by atoms with E-state index in [1.807, 2.05) is 19.6 Å². The van der Waals surface area contributed by atoms with E-state index in [2.05, 4.69) is 0 Å². The first-order valence-electron chi connectivity index (χ1n) is 11.8. The molecule has 2 saturated heterocycles. The van der Waals surface area contributed by atoms with Crippen LogP contribution in [0.3, 0.4) is 0 Å². The van der Waals surface area contributed by atoms with Crippen molar-refractivity contribution >= 4 is 18.3 Å². The van der Waals surface area contributed by atoms with Gasteiger partial charge in [-0.2, -0.15) is 4.31 Å². The molecule has 1 aliphatic carbocycles. The summed E-state index contributed by atoms with van der Waals surface area (Å²) >= 11 is 0. The predicted octanol–water partition coefficient (Wildman–Crippen LogP) is 4.64. The fourth-order valence-electron chi connectivity index (χ4n) is 5.41. The van der Waals surface area contributed by atoms with Gasteiger partial charge in [0.25, 0.3) is 0 Å². The van der Waals surface area contributed by atoms with E-state index in [0.29, 0.717) is 51.7 Å². The van der Waals surface area contributed by atoms with Gasteiger partial charge in [-0.05, 0) is 64.4 Å². The van der Waals surface area contributed by atoms with Crippen LogP contribution in [0.4, 0.5) is 8.78 Å². The molecule has 3 aliphatic rings. The van der Waals surface area contributed by atoms with Crippen LogP contribution in [0, 0.1) is 11.6 Å². The van der Waals surface area contributed by atoms with Gasteiger partial charge >= 0.3 is 0 Å². The van der Waals surface area contributed by atoms with Crippen molar-refractivity contribution in [3.05, 3.63) is 34.9 Å². The summed E-state index contributed by atoms with van der Waals surface area (Å²) < 4.78 is 75.4. The van der Waals surface area contributed by atoms with E-state index in [1.165, 1.54) is 10.4 Å². The van der Waals surface area contributed by atoms with E-state index in [4.69, 9.17) is 13.9 Å². The maximum Gasteiger partial charge on any atom is 0.214 e. The van der Waals surface area contributed by atoms with Gasteiger partial charge in [0.15, 0.2) is 14.1 Å². The molecule has 1 atom stereocenters. The molecule has 1 aromatic carbocycles. The van der Waals surface area contributed by atoms with E-state index in [0.717, 1.165) is 6.07 Å². The zero-order chi connectivity index (χ0) is 24.1. The van der Waals surface area contributed by atoms with Gasteiger partial charge in [-0.1, -0.05) is 0 Å². The van der Waals surface area contributed by atoms with Crippen LogP contribution in [0.25, 0.3) is 0 Å². The number of benzene rings is 1. The van der Waals surface area contributed by atoms with Crippen LogP contribution in [-0.2, 0) is 36.1 Å². The first-order chi connectivity index (χ1) is 15.3. The lowest BCUT2D eigenvalue weighted by molar-refractivity contribution is -0.201. The number of ether oxygens (including phenoxy) is 2. The third kappa shape index (κ3) is 5.20. The summed E-state index contributed by atoms with van der Waals surface area (Å²) in [5.74, 6) is -1.78. The van der Waals surface area contributed by atoms with Crippen molar-refractivity contribution in [3.8, 4) is 0 Å². The highest BCUT2D eigenvalue weighted by atomic mass is 32.2. The Morgan fingerprint density at radius 2 is 1.73 bits per heavy atom. The minimum Gasteiger partial charge on any atom is -0.408 e. The second kappa shape index (κ2) is 8.95. The number of hydrogen-bond donors (Lipinski definition) is 0. The molecule has 2 heterocycles. The first-order valence-corrected chi connectivity index (χ1v) is 16.8. The molecule has 0 radical (unpaired) electrons. The molecule has 0 bridgehead atoms. The summed E-state index contributed by atoms with van der Waals surface area (Å²) in [4.78, 5) is 0. The molecular formula is C23H35F2NO5SSi. The number of sulfonamides is 1. The molecule has 3 fully saturated rings. The number of halogens is 2. The van der Waals surface area contributed by atoms with Gasteiger partial charge in [0.05, 0.1) is 24.6 Å².